The van der Waals surface area contributed by atoms with E-state index in [0.717, 1.165) is 6.42 Å². The van der Waals surface area contributed by atoms with Crippen LogP contribution in [0.4, 0.5) is 0 Å². The largest absolute Gasteiger partial charge is 0.480 e. The minimum absolute atomic E-state index is 0.151. The van der Waals surface area contributed by atoms with Crippen molar-refractivity contribution in [2.75, 3.05) is 6.61 Å². The Morgan fingerprint density at radius 1 is 1.55 bits per heavy atom. The minimum Gasteiger partial charge on any atom is -0.480 e. The van der Waals surface area contributed by atoms with E-state index in [0.29, 0.717) is 23.7 Å². The number of carbonyl (C=O) groups is 2. The van der Waals surface area contributed by atoms with Crippen LogP contribution in [0.3, 0.4) is 0 Å². The van der Waals surface area contributed by atoms with Gasteiger partial charge in [-0.2, -0.15) is 0 Å². The quantitative estimate of drug-likeness (QED) is 0.793. The average Bonchev–Trinajstić information content (AvgIpc) is 2.94. The zero-order valence-electron chi connectivity index (χ0n) is 10.7. The fraction of sp³-hybridized carbons (Fsp3) is 0.462. The number of nitrogens with one attached hydrogen (secondary N) is 1. The Balaban J connectivity index is 1.98. The minimum atomic E-state index is -1.09. The first kappa shape index (κ1) is 14.7. The molecule has 0 aromatic carbocycles. The van der Waals surface area contributed by atoms with Crippen LogP contribution in [0.2, 0.25) is 5.15 Å². The van der Waals surface area contributed by atoms with Crippen molar-refractivity contribution < 1.29 is 19.4 Å². The number of aromatic nitrogens is 1. The number of carboxylic acid groups (broad SMARTS) is 1. The highest BCUT2D eigenvalue weighted by Crippen LogP contribution is 2.13. The van der Waals surface area contributed by atoms with Crippen LogP contribution in [0.5, 0.6) is 0 Å². The third kappa shape index (κ3) is 3.91. The molecule has 6 nitrogen and oxygen atoms in total. The summed E-state index contributed by atoms with van der Waals surface area (Å²) in [5.41, 5.74) is 0.689. The smallest absolute Gasteiger partial charge is 0.326 e. The van der Waals surface area contributed by atoms with Crippen LogP contribution in [0.1, 0.15) is 18.4 Å². The number of aliphatic carboxylic acids is 1. The average molecular weight is 299 g/mol. The molecule has 2 heterocycles. The third-order valence-corrected chi connectivity index (χ3v) is 3.29. The predicted octanol–water partition coefficient (Wildman–Crippen LogP) is 1.03. The molecule has 0 bridgehead atoms. The molecule has 1 saturated heterocycles. The van der Waals surface area contributed by atoms with Crippen molar-refractivity contribution in [1.29, 1.82) is 0 Å². The van der Waals surface area contributed by atoms with Crippen LogP contribution in [0.25, 0.3) is 0 Å². The molecule has 1 aromatic heterocycles. The summed E-state index contributed by atoms with van der Waals surface area (Å²) < 4.78 is 5.23. The normalized spacial score (nSPS) is 19.6. The van der Waals surface area contributed by atoms with Crippen LogP contribution in [0, 0.1) is 0 Å². The molecule has 0 spiro atoms. The lowest BCUT2D eigenvalue weighted by Gasteiger charge is -2.17. The lowest BCUT2D eigenvalue weighted by Crippen LogP contribution is -2.46. The zero-order chi connectivity index (χ0) is 14.5. The van der Waals surface area contributed by atoms with E-state index in [1.165, 1.54) is 6.20 Å². The van der Waals surface area contributed by atoms with Gasteiger partial charge in [-0.1, -0.05) is 17.7 Å². The third-order valence-electron chi connectivity index (χ3n) is 3.07. The van der Waals surface area contributed by atoms with E-state index in [2.05, 4.69) is 10.3 Å². The lowest BCUT2D eigenvalue weighted by molar-refractivity contribution is -0.143. The number of amides is 1. The van der Waals surface area contributed by atoms with Crippen LogP contribution >= 0.6 is 11.6 Å². The van der Waals surface area contributed by atoms with Gasteiger partial charge in [-0.15, -0.1) is 0 Å². The van der Waals surface area contributed by atoms with Gasteiger partial charge in [0, 0.05) is 19.2 Å². The van der Waals surface area contributed by atoms with E-state index in [-0.39, 0.29) is 12.3 Å². The van der Waals surface area contributed by atoms with Gasteiger partial charge in [0.2, 0.25) is 5.91 Å². The Labute approximate surface area is 121 Å². The van der Waals surface area contributed by atoms with Gasteiger partial charge in [0.25, 0.3) is 0 Å². The molecule has 0 radical (unpaired) electrons. The second-order valence-corrected chi connectivity index (χ2v) is 4.98. The molecular weight excluding hydrogens is 284 g/mol. The fourth-order valence-electron chi connectivity index (χ4n) is 2.01. The first-order chi connectivity index (χ1) is 9.56. The lowest BCUT2D eigenvalue weighted by atomic mass is 10.1. The fourth-order valence-corrected chi connectivity index (χ4v) is 2.12. The second kappa shape index (κ2) is 6.67. The summed E-state index contributed by atoms with van der Waals surface area (Å²) in [6.45, 7) is 0.539. The van der Waals surface area contributed by atoms with Crippen molar-refractivity contribution in [2.24, 2.45) is 0 Å². The Morgan fingerprint density at radius 2 is 2.35 bits per heavy atom. The maximum atomic E-state index is 11.9. The summed E-state index contributed by atoms with van der Waals surface area (Å²) in [6.07, 6.45) is 2.55. The van der Waals surface area contributed by atoms with Gasteiger partial charge in [-0.05, 0) is 24.5 Å². The summed E-state index contributed by atoms with van der Waals surface area (Å²) in [4.78, 5) is 27.0. The molecule has 2 N–H and O–H groups in total. The summed E-state index contributed by atoms with van der Waals surface area (Å²) in [7, 11) is 0. The van der Waals surface area contributed by atoms with E-state index in [1.54, 1.807) is 12.1 Å². The Bertz CT molecular complexity index is 486. The van der Waals surface area contributed by atoms with Gasteiger partial charge < -0.3 is 15.2 Å². The van der Waals surface area contributed by atoms with Crippen molar-refractivity contribution >= 4 is 23.5 Å². The van der Waals surface area contributed by atoms with E-state index in [1.807, 2.05) is 0 Å². The van der Waals surface area contributed by atoms with Crippen molar-refractivity contribution in [3.05, 3.63) is 29.0 Å². The van der Waals surface area contributed by atoms with Crippen molar-refractivity contribution in [3.63, 3.8) is 0 Å². The second-order valence-electron chi connectivity index (χ2n) is 4.59. The topological polar surface area (TPSA) is 88.5 Å². The van der Waals surface area contributed by atoms with Crippen molar-refractivity contribution in [3.8, 4) is 0 Å². The van der Waals surface area contributed by atoms with Crippen LogP contribution < -0.4 is 5.32 Å². The molecule has 1 fully saturated rings. The number of carboxylic acids is 1. The molecule has 1 aliphatic heterocycles. The van der Waals surface area contributed by atoms with Gasteiger partial charge >= 0.3 is 5.97 Å². The Kier molecular flexibility index (Phi) is 4.92. The SMILES string of the molecule is O=C(O)[C@@H](Cc1ccc(Cl)nc1)NC(=O)[C@H]1CCCO1. The molecule has 1 aromatic rings. The van der Waals surface area contributed by atoms with Crippen molar-refractivity contribution in [1.82, 2.24) is 10.3 Å². The molecule has 0 unspecified atom stereocenters. The summed E-state index contributed by atoms with van der Waals surface area (Å²) in [5, 5.41) is 12.0. The number of ether oxygens (including phenoxy) is 1. The number of nitrogens with zero attached hydrogens (tertiary/aromatic N) is 1. The molecule has 0 saturated carbocycles. The van der Waals surface area contributed by atoms with Crippen LogP contribution in [-0.2, 0) is 20.7 Å². The molecule has 7 heteroatoms. The predicted molar refractivity (Wildman–Crippen MR) is 71.5 cm³/mol. The van der Waals surface area contributed by atoms with E-state index < -0.39 is 18.1 Å². The Morgan fingerprint density at radius 3 is 2.90 bits per heavy atom. The maximum Gasteiger partial charge on any atom is 0.326 e. The van der Waals surface area contributed by atoms with E-state index >= 15 is 0 Å². The molecule has 108 valence electrons. The zero-order valence-corrected chi connectivity index (χ0v) is 11.5. The summed E-state index contributed by atoms with van der Waals surface area (Å²) >= 11 is 5.67. The molecular formula is C13H15ClN2O4. The number of hydrogen-bond acceptors (Lipinski definition) is 4. The highest BCUT2D eigenvalue weighted by molar-refractivity contribution is 6.29. The van der Waals surface area contributed by atoms with Gasteiger partial charge in [0.1, 0.15) is 17.3 Å². The first-order valence-electron chi connectivity index (χ1n) is 6.31. The maximum absolute atomic E-state index is 11.9. The van der Waals surface area contributed by atoms with Crippen LogP contribution in [0.15, 0.2) is 18.3 Å². The van der Waals surface area contributed by atoms with Crippen LogP contribution in [-0.4, -0.2) is 40.7 Å². The van der Waals surface area contributed by atoms with Gasteiger partial charge in [-0.3, -0.25) is 4.79 Å². The van der Waals surface area contributed by atoms with Crippen molar-refractivity contribution in [2.45, 2.75) is 31.4 Å². The number of halogens is 1. The number of rotatable bonds is 5. The number of carbonyl (C=O) groups excluding carboxylic acids is 1. The van der Waals surface area contributed by atoms with Gasteiger partial charge in [-0.25, -0.2) is 9.78 Å². The molecule has 20 heavy (non-hydrogen) atoms. The van der Waals surface area contributed by atoms with E-state index in [4.69, 9.17) is 16.3 Å². The highest BCUT2D eigenvalue weighted by atomic mass is 35.5. The van der Waals surface area contributed by atoms with Gasteiger partial charge in [0.15, 0.2) is 0 Å². The number of hydrogen-bond donors (Lipinski definition) is 2. The van der Waals surface area contributed by atoms with Gasteiger partial charge in [0.05, 0.1) is 0 Å². The molecule has 1 amide bonds. The Hall–Kier alpha value is -1.66. The molecule has 2 atom stereocenters. The highest BCUT2D eigenvalue weighted by Gasteiger charge is 2.28. The first-order valence-corrected chi connectivity index (χ1v) is 6.69. The molecule has 2 rings (SSSR count). The molecule has 0 aliphatic carbocycles. The monoisotopic (exact) mass is 298 g/mol. The summed E-state index contributed by atoms with van der Waals surface area (Å²) in [6, 6.07) is 2.26. The number of pyridine rings is 1. The molecule has 1 aliphatic rings. The van der Waals surface area contributed by atoms with E-state index in [9.17, 15) is 14.7 Å². The summed E-state index contributed by atoms with van der Waals surface area (Å²) in [5.74, 6) is -1.47. The standard InChI is InChI=1S/C13H15ClN2O4/c14-11-4-3-8(7-15-11)6-9(13(18)19)16-12(17)10-2-1-5-20-10/h3-4,7,9-10H,1-2,5-6H2,(H,16,17)(H,18,19)/t9-,10-/m1/s1.